The quantitative estimate of drug-likeness (QED) is 0.579. The lowest BCUT2D eigenvalue weighted by Gasteiger charge is -2.07. The molecule has 0 amide bonds. The van der Waals surface area contributed by atoms with Gasteiger partial charge < -0.3 is 10.5 Å². The van der Waals surface area contributed by atoms with Crippen LogP contribution in [0.5, 0.6) is 0 Å². The van der Waals surface area contributed by atoms with Crippen molar-refractivity contribution >= 4 is 39.3 Å². The zero-order valence-corrected chi connectivity index (χ0v) is 13.5. The number of fused-ring (bicyclic) bond motifs is 1. The standard InChI is InChI=1S/C18H16N2O2S/c1-2-22-17(21)8-7-14-9-12-5-3-4-6-13(12)10-15(14)16-11-23-18(19)20-16/h3-11H,2H2,1H3,(H2,19,20). The lowest BCUT2D eigenvalue weighted by molar-refractivity contribution is -0.137. The van der Waals surface area contributed by atoms with Gasteiger partial charge in [0.15, 0.2) is 5.13 Å². The molecule has 0 fully saturated rings. The molecule has 0 bridgehead atoms. The summed E-state index contributed by atoms with van der Waals surface area (Å²) in [6.45, 7) is 2.14. The molecule has 1 aromatic heterocycles. The van der Waals surface area contributed by atoms with Crippen LogP contribution in [0.4, 0.5) is 5.13 Å². The van der Waals surface area contributed by atoms with E-state index in [2.05, 4.69) is 11.1 Å². The monoisotopic (exact) mass is 324 g/mol. The average molecular weight is 324 g/mol. The number of rotatable bonds is 4. The summed E-state index contributed by atoms with van der Waals surface area (Å²) in [5, 5.41) is 4.65. The number of nitrogen functional groups attached to an aromatic ring is 1. The van der Waals surface area contributed by atoms with Crippen molar-refractivity contribution < 1.29 is 9.53 Å². The molecule has 0 saturated carbocycles. The Hall–Kier alpha value is -2.66. The molecule has 23 heavy (non-hydrogen) atoms. The van der Waals surface area contributed by atoms with E-state index in [1.54, 1.807) is 13.0 Å². The molecule has 5 heteroatoms. The van der Waals surface area contributed by atoms with Gasteiger partial charge in [0.1, 0.15) is 0 Å². The van der Waals surface area contributed by atoms with Crippen LogP contribution in [0, 0.1) is 0 Å². The molecule has 2 aromatic carbocycles. The van der Waals surface area contributed by atoms with Gasteiger partial charge in [-0.15, -0.1) is 11.3 Å². The van der Waals surface area contributed by atoms with E-state index in [-0.39, 0.29) is 5.97 Å². The van der Waals surface area contributed by atoms with Crippen molar-refractivity contribution in [3.05, 3.63) is 53.4 Å². The van der Waals surface area contributed by atoms with Gasteiger partial charge in [-0.1, -0.05) is 24.3 Å². The van der Waals surface area contributed by atoms with Crippen molar-refractivity contribution in [1.29, 1.82) is 0 Å². The Balaban J connectivity index is 2.11. The SMILES string of the molecule is CCOC(=O)C=Cc1cc2ccccc2cc1-c1csc(N)n1. The summed E-state index contributed by atoms with van der Waals surface area (Å²) in [5.74, 6) is -0.357. The van der Waals surface area contributed by atoms with Crippen molar-refractivity contribution in [2.45, 2.75) is 6.92 Å². The molecule has 0 spiro atoms. The number of hydrogen-bond donors (Lipinski definition) is 1. The number of ether oxygens (including phenoxy) is 1. The smallest absolute Gasteiger partial charge is 0.330 e. The van der Waals surface area contributed by atoms with E-state index < -0.39 is 0 Å². The number of carbonyl (C=O) groups excluding carboxylic acids is 1. The van der Waals surface area contributed by atoms with Crippen LogP contribution in [0.1, 0.15) is 12.5 Å². The van der Waals surface area contributed by atoms with E-state index in [0.717, 1.165) is 27.6 Å². The van der Waals surface area contributed by atoms with Crippen LogP contribution in [-0.2, 0) is 9.53 Å². The van der Waals surface area contributed by atoms with E-state index in [0.29, 0.717) is 11.7 Å². The summed E-state index contributed by atoms with van der Waals surface area (Å²) >= 11 is 1.40. The van der Waals surface area contributed by atoms with E-state index in [9.17, 15) is 4.79 Å². The van der Waals surface area contributed by atoms with E-state index in [4.69, 9.17) is 10.5 Å². The molecule has 0 aliphatic heterocycles. The minimum absolute atomic E-state index is 0.357. The van der Waals surface area contributed by atoms with Gasteiger partial charge in [-0.2, -0.15) is 0 Å². The molecule has 3 rings (SSSR count). The summed E-state index contributed by atoms with van der Waals surface area (Å²) in [4.78, 5) is 15.9. The molecule has 0 aliphatic carbocycles. The molecule has 0 aliphatic rings. The number of benzene rings is 2. The summed E-state index contributed by atoms with van der Waals surface area (Å²) in [5.41, 5.74) is 8.41. The van der Waals surface area contributed by atoms with Gasteiger partial charge in [0.2, 0.25) is 0 Å². The first-order chi connectivity index (χ1) is 11.2. The lowest BCUT2D eigenvalue weighted by atomic mass is 9.99. The summed E-state index contributed by atoms with van der Waals surface area (Å²) in [6.07, 6.45) is 3.20. The van der Waals surface area contributed by atoms with Crippen molar-refractivity contribution in [3.8, 4) is 11.3 Å². The fraction of sp³-hybridized carbons (Fsp3) is 0.111. The number of hydrogen-bond acceptors (Lipinski definition) is 5. The van der Waals surface area contributed by atoms with E-state index in [1.165, 1.54) is 17.4 Å². The van der Waals surface area contributed by atoms with Gasteiger partial charge in [-0.3, -0.25) is 0 Å². The van der Waals surface area contributed by atoms with Crippen molar-refractivity contribution in [2.24, 2.45) is 0 Å². The molecule has 0 radical (unpaired) electrons. The highest BCUT2D eigenvalue weighted by Crippen LogP contribution is 2.31. The predicted molar refractivity (Wildman–Crippen MR) is 95.1 cm³/mol. The Morgan fingerprint density at radius 1 is 1.30 bits per heavy atom. The Morgan fingerprint density at radius 3 is 2.70 bits per heavy atom. The second-order valence-corrected chi connectivity index (χ2v) is 5.83. The molecule has 116 valence electrons. The molecular formula is C18H16N2O2S. The van der Waals surface area contributed by atoms with E-state index >= 15 is 0 Å². The lowest BCUT2D eigenvalue weighted by Crippen LogP contribution is -1.98. The summed E-state index contributed by atoms with van der Waals surface area (Å²) < 4.78 is 4.94. The molecule has 2 N–H and O–H groups in total. The maximum Gasteiger partial charge on any atom is 0.330 e. The normalized spacial score (nSPS) is 11.2. The Bertz CT molecular complexity index is 884. The topological polar surface area (TPSA) is 65.2 Å². The Labute approximate surface area is 138 Å². The largest absolute Gasteiger partial charge is 0.463 e. The molecule has 0 saturated heterocycles. The fourth-order valence-corrected chi connectivity index (χ4v) is 2.94. The van der Waals surface area contributed by atoms with Gasteiger partial charge in [0, 0.05) is 17.0 Å². The maximum absolute atomic E-state index is 11.6. The highest BCUT2D eigenvalue weighted by atomic mass is 32.1. The van der Waals surface area contributed by atoms with Gasteiger partial charge in [0.05, 0.1) is 12.3 Å². The number of carbonyl (C=O) groups is 1. The van der Waals surface area contributed by atoms with Gasteiger partial charge in [0.25, 0.3) is 0 Å². The van der Waals surface area contributed by atoms with Crippen LogP contribution < -0.4 is 5.73 Å². The molecule has 0 atom stereocenters. The zero-order valence-electron chi connectivity index (χ0n) is 12.7. The van der Waals surface area contributed by atoms with Crippen LogP contribution in [0.2, 0.25) is 0 Å². The number of aromatic nitrogens is 1. The number of anilines is 1. The predicted octanol–water partition coefficient (Wildman–Crippen LogP) is 4.12. The fourth-order valence-electron chi connectivity index (χ4n) is 2.38. The van der Waals surface area contributed by atoms with Crippen molar-refractivity contribution in [1.82, 2.24) is 4.98 Å². The molecule has 0 unspecified atom stereocenters. The molecule has 4 nitrogen and oxygen atoms in total. The van der Waals surface area contributed by atoms with Crippen molar-refractivity contribution in [2.75, 3.05) is 12.3 Å². The zero-order chi connectivity index (χ0) is 16.2. The highest BCUT2D eigenvalue weighted by Gasteiger charge is 2.09. The molecule has 1 heterocycles. The molecular weight excluding hydrogens is 308 g/mol. The first kappa shape index (κ1) is 15.2. The van der Waals surface area contributed by atoms with Gasteiger partial charge >= 0.3 is 5.97 Å². The first-order valence-corrected chi connectivity index (χ1v) is 8.14. The highest BCUT2D eigenvalue weighted by molar-refractivity contribution is 7.13. The summed E-state index contributed by atoms with van der Waals surface area (Å²) in [6, 6.07) is 12.2. The maximum atomic E-state index is 11.6. The number of esters is 1. The molecule has 3 aromatic rings. The van der Waals surface area contributed by atoms with Crippen LogP contribution in [0.3, 0.4) is 0 Å². The van der Waals surface area contributed by atoms with Crippen LogP contribution in [0.15, 0.2) is 47.9 Å². The minimum Gasteiger partial charge on any atom is -0.463 e. The second-order valence-electron chi connectivity index (χ2n) is 4.94. The van der Waals surface area contributed by atoms with Gasteiger partial charge in [-0.25, -0.2) is 9.78 Å². The third-order valence-corrected chi connectivity index (χ3v) is 4.08. The third kappa shape index (κ3) is 3.40. The third-order valence-electron chi connectivity index (χ3n) is 3.40. The number of nitrogens with two attached hydrogens (primary N) is 1. The average Bonchev–Trinajstić information content (AvgIpc) is 2.98. The number of nitrogens with zero attached hydrogens (tertiary/aromatic N) is 1. The van der Waals surface area contributed by atoms with Crippen molar-refractivity contribution in [3.63, 3.8) is 0 Å². The van der Waals surface area contributed by atoms with Gasteiger partial charge in [-0.05, 0) is 41.5 Å². The first-order valence-electron chi connectivity index (χ1n) is 7.26. The Kier molecular flexibility index (Phi) is 4.39. The van der Waals surface area contributed by atoms with E-state index in [1.807, 2.05) is 35.7 Å². The van der Waals surface area contributed by atoms with Crippen LogP contribution in [-0.4, -0.2) is 17.6 Å². The van der Waals surface area contributed by atoms with Crippen LogP contribution >= 0.6 is 11.3 Å². The Morgan fingerprint density at radius 2 is 2.04 bits per heavy atom. The summed E-state index contributed by atoms with van der Waals surface area (Å²) in [7, 11) is 0. The number of thiazole rings is 1. The second kappa shape index (κ2) is 6.62. The minimum atomic E-state index is -0.357. The van der Waals surface area contributed by atoms with Crippen LogP contribution in [0.25, 0.3) is 28.1 Å².